The molecule has 0 aliphatic carbocycles. The van der Waals surface area contributed by atoms with Gasteiger partial charge in [0, 0.05) is 14.2 Å². The minimum absolute atomic E-state index is 1.03. The molecule has 0 saturated carbocycles. The summed E-state index contributed by atoms with van der Waals surface area (Å²) in [5, 5.41) is 0. The van der Waals surface area contributed by atoms with Gasteiger partial charge in [-0.3, -0.25) is 0 Å². The van der Waals surface area contributed by atoms with Crippen LogP contribution in [0.1, 0.15) is 18.4 Å². The normalized spacial score (nSPS) is 11.9. The standard InChI is InChI=1S/C14H20O2Si/c1-15-17(16-2)13-9-4-3-6-10-14-11-7-5-8-12-14/h5-13,17H,3-4H2,1-2H3. The average molecular weight is 248 g/mol. The smallest absolute Gasteiger partial charge is 0.347 e. The monoisotopic (exact) mass is 248 g/mol. The first-order chi connectivity index (χ1) is 8.36. The van der Waals surface area contributed by atoms with Crippen molar-refractivity contribution in [3.05, 3.63) is 53.7 Å². The van der Waals surface area contributed by atoms with Crippen molar-refractivity contribution in [1.82, 2.24) is 0 Å². The van der Waals surface area contributed by atoms with Gasteiger partial charge in [-0.2, -0.15) is 0 Å². The molecule has 0 atom stereocenters. The van der Waals surface area contributed by atoms with E-state index in [2.05, 4.69) is 36.1 Å². The van der Waals surface area contributed by atoms with Crippen LogP contribution in [0.5, 0.6) is 0 Å². The SMILES string of the molecule is CO[SiH](C=CCCC=Cc1ccccc1)OC. The average Bonchev–Trinajstić information content (AvgIpc) is 2.39. The number of allylic oxidation sites excluding steroid dienone is 2. The molecule has 0 spiro atoms. The van der Waals surface area contributed by atoms with Crippen LogP contribution in [0, 0.1) is 0 Å². The molecule has 1 rings (SSSR count). The summed E-state index contributed by atoms with van der Waals surface area (Å²) in [7, 11) is 1.88. The Labute approximate surface area is 105 Å². The van der Waals surface area contributed by atoms with Crippen molar-refractivity contribution in [2.24, 2.45) is 0 Å². The highest BCUT2D eigenvalue weighted by atomic mass is 28.3. The second-order valence-corrected chi connectivity index (χ2v) is 5.72. The highest BCUT2D eigenvalue weighted by Crippen LogP contribution is 2.03. The lowest BCUT2D eigenvalue weighted by atomic mass is 10.2. The molecule has 1 aromatic rings. The van der Waals surface area contributed by atoms with Crippen molar-refractivity contribution in [3.63, 3.8) is 0 Å². The van der Waals surface area contributed by atoms with Crippen LogP contribution < -0.4 is 0 Å². The molecule has 0 fully saturated rings. The molecule has 0 aliphatic rings. The molecule has 0 heterocycles. The molecule has 0 aromatic heterocycles. The minimum atomic E-state index is -1.51. The van der Waals surface area contributed by atoms with E-state index in [1.807, 2.05) is 18.2 Å². The Morgan fingerprint density at radius 3 is 2.29 bits per heavy atom. The van der Waals surface area contributed by atoms with E-state index in [1.165, 1.54) is 5.56 Å². The van der Waals surface area contributed by atoms with Gasteiger partial charge in [0.25, 0.3) is 0 Å². The fourth-order valence-electron chi connectivity index (χ4n) is 1.44. The summed E-state index contributed by atoms with van der Waals surface area (Å²) >= 11 is 0. The molecule has 0 unspecified atom stereocenters. The predicted octanol–water partition coefficient (Wildman–Crippen LogP) is 3.09. The van der Waals surface area contributed by atoms with Crippen LogP contribution >= 0.6 is 0 Å². The van der Waals surface area contributed by atoms with Gasteiger partial charge in [0.05, 0.1) is 0 Å². The Balaban J connectivity index is 2.22. The van der Waals surface area contributed by atoms with Crippen LogP contribution in [-0.2, 0) is 8.85 Å². The maximum absolute atomic E-state index is 5.19. The maximum Gasteiger partial charge on any atom is 0.347 e. The highest BCUT2D eigenvalue weighted by Gasteiger charge is 2.01. The van der Waals surface area contributed by atoms with E-state index in [4.69, 9.17) is 8.85 Å². The first-order valence-electron chi connectivity index (χ1n) is 5.80. The summed E-state index contributed by atoms with van der Waals surface area (Å²) in [6.45, 7) is 0. The Kier molecular flexibility index (Phi) is 7.30. The predicted molar refractivity (Wildman–Crippen MR) is 75.0 cm³/mol. The molecule has 1 aromatic carbocycles. The lowest BCUT2D eigenvalue weighted by Crippen LogP contribution is -2.15. The van der Waals surface area contributed by atoms with Gasteiger partial charge in [0.1, 0.15) is 0 Å². The zero-order valence-electron chi connectivity index (χ0n) is 10.5. The van der Waals surface area contributed by atoms with Gasteiger partial charge >= 0.3 is 9.28 Å². The first-order valence-corrected chi connectivity index (χ1v) is 7.41. The van der Waals surface area contributed by atoms with Gasteiger partial charge in [0.2, 0.25) is 0 Å². The van der Waals surface area contributed by atoms with Gasteiger partial charge < -0.3 is 8.85 Å². The molecule has 0 bridgehead atoms. The van der Waals surface area contributed by atoms with Gasteiger partial charge in [-0.1, -0.05) is 48.6 Å². The van der Waals surface area contributed by atoms with E-state index in [0.29, 0.717) is 0 Å². The molecular weight excluding hydrogens is 228 g/mol. The molecule has 0 radical (unpaired) electrons. The van der Waals surface area contributed by atoms with Gasteiger partial charge in [-0.15, -0.1) is 0 Å². The summed E-state index contributed by atoms with van der Waals surface area (Å²) in [5.74, 6) is 0. The molecule has 3 heteroatoms. The number of benzene rings is 1. The van der Waals surface area contributed by atoms with E-state index in [1.54, 1.807) is 14.2 Å². The molecule has 2 nitrogen and oxygen atoms in total. The largest absolute Gasteiger partial charge is 0.397 e. The topological polar surface area (TPSA) is 18.5 Å². The summed E-state index contributed by atoms with van der Waals surface area (Å²) in [6.07, 6.45) is 8.55. The molecule has 92 valence electrons. The van der Waals surface area contributed by atoms with Gasteiger partial charge in [0.15, 0.2) is 0 Å². The molecule has 0 amide bonds. The van der Waals surface area contributed by atoms with Crippen LogP contribution in [0.15, 0.2) is 48.2 Å². The van der Waals surface area contributed by atoms with Crippen LogP contribution in [0.25, 0.3) is 6.08 Å². The molecule has 0 aliphatic heterocycles. The zero-order chi connectivity index (χ0) is 12.3. The van der Waals surface area contributed by atoms with E-state index in [0.717, 1.165) is 12.8 Å². The summed E-state index contributed by atoms with van der Waals surface area (Å²) in [6, 6.07) is 10.3. The zero-order valence-corrected chi connectivity index (χ0v) is 11.7. The molecule has 0 saturated heterocycles. The fraction of sp³-hybridized carbons (Fsp3) is 0.286. The quantitative estimate of drug-likeness (QED) is 0.545. The van der Waals surface area contributed by atoms with Crippen molar-refractivity contribution in [3.8, 4) is 0 Å². The number of rotatable bonds is 7. The summed E-state index contributed by atoms with van der Waals surface area (Å²) in [5.41, 5.74) is 3.31. The second-order valence-electron chi connectivity index (χ2n) is 3.66. The summed E-state index contributed by atoms with van der Waals surface area (Å²) < 4.78 is 10.4. The van der Waals surface area contributed by atoms with Crippen molar-refractivity contribution in [1.29, 1.82) is 0 Å². The Bertz CT molecular complexity index is 342. The Hall–Kier alpha value is -1.16. The third kappa shape index (κ3) is 6.21. The minimum Gasteiger partial charge on any atom is -0.397 e. The van der Waals surface area contributed by atoms with Gasteiger partial charge in [-0.25, -0.2) is 0 Å². The number of hydrogen-bond acceptors (Lipinski definition) is 2. The fourth-order valence-corrected chi connectivity index (χ4v) is 2.36. The van der Waals surface area contributed by atoms with E-state index in [-0.39, 0.29) is 0 Å². The van der Waals surface area contributed by atoms with Crippen molar-refractivity contribution >= 4 is 15.4 Å². The van der Waals surface area contributed by atoms with E-state index >= 15 is 0 Å². The third-order valence-corrected chi connectivity index (χ3v) is 3.88. The highest BCUT2D eigenvalue weighted by molar-refractivity contribution is 6.50. The maximum atomic E-state index is 5.19. The first kappa shape index (κ1) is 13.9. The Morgan fingerprint density at radius 2 is 1.65 bits per heavy atom. The van der Waals surface area contributed by atoms with Crippen molar-refractivity contribution < 1.29 is 8.85 Å². The van der Waals surface area contributed by atoms with E-state index < -0.39 is 9.28 Å². The van der Waals surface area contributed by atoms with Gasteiger partial charge in [-0.05, 0) is 24.1 Å². The summed E-state index contributed by atoms with van der Waals surface area (Å²) in [4.78, 5) is 0. The number of unbranched alkanes of at least 4 members (excludes halogenated alkanes) is 1. The van der Waals surface area contributed by atoms with Crippen molar-refractivity contribution in [2.45, 2.75) is 12.8 Å². The van der Waals surface area contributed by atoms with Crippen molar-refractivity contribution in [2.75, 3.05) is 14.2 Å². The van der Waals surface area contributed by atoms with Crippen LogP contribution in [-0.4, -0.2) is 23.5 Å². The lowest BCUT2D eigenvalue weighted by molar-refractivity contribution is 0.290. The van der Waals surface area contributed by atoms with Crippen LogP contribution in [0.4, 0.5) is 0 Å². The lowest BCUT2D eigenvalue weighted by Gasteiger charge is -2.03. The molecule has 0 N–H and O–H groups in total. The Morgan fingerprint density at radius 1 is 1.00 bits per heavy atom. The second kappa shape index (κ2) is 8.93. The van der Waals surface area contributed by atoms with E-state index in [9.17, 15) is 0 Å². The molecule has 17 heavy (non-hydrogen) atoms. The van der Waals surface area contributed by atoms with Crippen LogP contribution in [0.3, 0.4) is 0 Å². The molecular formula is C14H20O2Si. The van der Waals surface area contributed by atoms with Crippen LogP contribution in [0.2, 0.25) is 0 Å². The third-order valence-electron chi connectivity index (χ3n) is 2.37. The number of hydrogen-bond donors (Lipinski definition) is 0.